The van der Waals surface area contributed by atoms with Crippen LogP contribution < -0.4 is 5.32 Å². The monoisotopic (exact) mass is 671 g/mol. The Balaban J connectivity index is 1.04. The van der Waals surface area contributed by atoms with Crippen molar-refractivity contribution in [2.45, 2.75) is 65.0 Å². The summed E-state index contributed by atoms with van der Waals surface area (Å²) in [6.07, 6.45) is 1.89. The Morgan fingerprint density at radius 3 is 2.45 bits per heavy atom. The number of piperidine rings is 1. The van der Waals surface area contributed by atoms with Crippen molar-refractivity contribution in [1.29, 1.82) is 0 Å². The molecule has 0 spiro atoms. The van der Waals surface area contributed by atoms with Crippen LogP contribution in [-0.4, -0.2) is 60.9 Å². The Morgan fingerprint density at radius 1 is 0.918 bits per heavy atom. The van der Waals surface area contributed by atoms with Gasteiger partial charge in [0, 0.05) is 38.2 Å². The molecule has 4 aromatic rings. The fourth-order valence-electron chi connectivity index (χ4n) is 7.08. The summed E-state index contributed by atoms with van der Waals surface area (Å²) in [5.41, 5.74) is 3.62. The average molecular weight is 672 g/mol. The van der Waals surface area contributed by atoms with Gasteiger partial charge in [-0.25, -0.2) is 0 Å². The van der Waals surface area contributed by atoms with Gasteiger partial charge < -0.3 is 15.1 Å². The number of carbonyl (C=O) groups is 2. The molecule has 260 valence electrons. The standard InChI is InChI=1S/C41H48F3N3O2/c1-3-47(40(49)38-16-7-6-15-37(38)33-21-23-34(24-22-33)41(42,43)44)29-31-12-11-27-46(28-31)26-9-8-25-45-39(48)18-10-17-35-30(2)19-20-32-13-4-5-14-36(32)35/h4-7,13-16,19-24,31H,3,8-12,17-18,25-29H2,1-2H3,(H,45,48). The predicted molar refractivity (Wildman–Crippen MR) is 191 cm³/mol. The van der Waals surface area contributed by atoms with Crippen molar-refractivity contribution in [2.75, 3.05) is 39.3 Å². The van der Waals surface area contributed by atoms with Gasteiger partial charge in [0.1, 0.15) is 0 Å². The van der Waals surface area contributed by atoms with Crippen LogP contribution in [0.1, 0.15) is 72.5 Å². The van der Waals surface area contributed by atoms with Gasteiger partial charge in [-0.15, -0.1) is 0 Å². The third-order valence-electron chi connectivity index (χ3n) is 9.76. The van der Waals surface area contributed by atoms with Gasteiger partial charge in [-0.3, -0.25) is 9.59 Å². The van der Waals surface area contributed by atoms with Crippen molar-refractivity contribution in [2.24, 2.45) is 5.92 Å². The van der Waals surface area contributed by atoms with Crippen LogP contribution in [0.25, 0.3) is 21.9 Å². The Morgan fingerprint density at radius 2 is 1.67 bits per heavy atom. The normalized spacial score (nSPS) is 15.3. The molecule has 0 bridgehead atoms. The first-order chi connectivity index (χ1) is 23.6. The summed E-state index contributed by atoms with van der Waals surface area (Å²) < 4.78 is 39.3. The highest BCUT2D eigenvalue weighted by Crippen LogP contribution is 2.32. The molecule has 1 aliphatic rings. The lowest BCUT2D eigenvalue weighted by atomic mass is 9.95. The molecule has 1 saturated heterocycles. The number of amides is 2. The van der Waals surface area contributed by atoms with Crippen molar-refractivity contribution >= 4 is 22.6 Å². The summed E-state index contributed by atoms with van der Waals surface area (Å²) in [7, 11) is 0. The van der Waals surface area contributed by atoms with E-state index in [0.717, 1.165) is 70.3 Å². The highest BCUT2D eigenvalue weighted by Gasteiger charge is 2.30. The lowest BCUT2D eigenvalue weighted by Crippen LogP contribution is -2.43. The molecular weight excluding hydrogens is 623 g/mol. The second-order valence-electron chi connectivity index (χ2n) is 13.3. The van der Waals surface area contributed by atoms with Gasteiger partial charge >= 0.3 is 6.18 Å². The second-order valence-corrected chi connectivity index (χ2v) is 13.3. The summed E-state index contributed by atoms with van der Waals surface area (Å²) in [4.78, 5) is 30.6. The quantitative estimate of drug-likeness (QED) is 0.136. The van der Waals surface area contributed by atoms with E-state index in [1.54, 1.807) is 24.3 Å². The molecule has 8 heteroatoms. The molecule has 1 atom stereocenters. The lowest BCUT2D eigenvalue weighted by Gasteiger charge is -2.35. The summed E-state index contributed by atoms with van der Waals surface area (Å²) in [5, 5.41) is 5.62. The molecule has 2 amide bonds. The molecule has 0 saturated carbocycles. The highest BCUT2D eigenvalue weighted by molar-refractivity contribution is 6.01. The van der Waals surface area contributed by atoms with Gasteiger partial charge in [0.05, 0.1) is 5.56 Å². The first-order valence-electron chi connectivity index (χ1n) is 17.7. The van der Waals surface area contributed by atoms with E-state index in [0.29, 0.717) is 48.7 Å². The Hall–Kier alpha value is -4.17. The van der Waals surface area contributed by atoms with Gasteiger partial charge in [-0.2, -0.15) is 13.2 Å². The van der Waals surface area contributed by atoms with Gasteiger partial charge in [-0.1, -0.05) is 66.7 Å². The number of halogens is 3. The van der Waals surface area contributed by atoms with Crippen LogP contribution in [0.2, 0.25) is 0 Å². The predicted octanol–water partition coefficient (Wildman–Crippen LogP) is 8.93. The summed E-state index contributed by atoms with van der Waals surface area (Å²) in [6, 6.07) is 24.9. The minimum atomic E-state index is -4.41. The van der Waals surface area contributed by atoms with Crippen LogP contribution in [0.15, 0.2) is 84.9 Å². The first-order valence-corrected chi connectivity index (χ1v) is 17.7. The van der Waals surface area contributed by atoms with Crippen molar-refractivity contribution in [3.8, 4) is 11.1 Å². The van der Waals surface area contributed by atoms with Crippen LogP contribution in [0, 0.1) is 12.8 Å². The molecule has 0 aliphatic carbocycles. The zero-order valence-corrected chi connectivity index (χ0v) is 28.7. The molecule has 1 fully saturated rings. The van der Waals surface area contributed by atoms with Crippen LogP contribution in [-0.2, 0) is 17.4 Å². The number of carbonyl (C=O) groups excluding carboxylic acids is 2. The molecule has 4 aromatic carbocycles. The molecule has 5 rings (SSSR count). The lowest BCUT2D eigenvalue weighted by molar-refractivity contribution is -0.137. The van der Waals surface area contributed by atoms with E-state index < -0.39 is 11.7 Å². The first kappa shape index (κ1) is 36.1. The number of aryl methyl sites for hydroxylation is 2. The molecule has 1 heterocycles. The van der Waals surface area contributed by atoms with Crippen molar-refractivity contribution in [3.63, 3.8) is 0 Å². The van der Waals surface area contributed by atoms with Crippen LogP contribution >= 0.6 is 0 Å². The van der Waals surface area contributed by atoms with Gasteiger partial charge in [-0.05, 0) is 123 Å². The average Bonchev–Trinajstić information content (AvgIpc) is 3.11. The van der Waals surface area contributed by atoms with E-state index in [2.05, 4.69) is 53.5 Å². The van der Waals surface area contributed by atoms with Gasteiger partial charge in [0.15, 0.2) is 0 Å². The maximum atomic E-state index is 13.8. The third kappa shape index (κ3) is 9.72. The topological polar surface area (TPSA) is 52.6 Å². The minimum absolute atomic E-state index is 0.0990. The molecule has 1 aliphatic heterocycles. The van der Waals surface area contributed by atoms with E-state index >= 15 is 0 Å². The number of alkyl halides is 3. The number of nitrogens with one attached hydrogen (secondary N) is 1. The number of likely N-dealkylation sites (tertiary alicyclic amines) is 1. The molecule has 0 radical (unpaired) electrons. The number of nitrogens with zero attached hydrogens (tertiary/aromatic N) is 2. The summed E-state index contributed by atoms with van der Waals surface area (Å²) in [6.45, 7) is 8.90. The van der Waals surface area contributed by atoms with E-state index in [1.165, 1.54) is 34.0 Å². The van der Waals surface area contributed by atoms with Crippen LogP contribution in [0.3, 0.4) is 0 Å². The molecular formula is C41H48F3N3O2. The third-order valence-corrected chi connectivity index (χ3v) is 9.76. The number of rotatable bonds is 14. The number of hydrogen-bond acceptors (Lipinski definition) is 3. The fourth-order valence-corrected chi connectivity index (χ4v) is 7.08. The zero-order valence-electron chi connectivity index (χ0n) is 28.7. The molecule has 1 unspecified atom stereocenters. The van der Waals surface area contributed by atoms with Gasteiger partial charge in [0.2, 0.25) is 5.91 Å². The molecule has 0 aromatic heterocycles. The fraction of sp³-hybridized carbons (Fsp3) is 0.415. The van der Waals surface area contributed by atoms with Crippen molar-refractivity contribution < 1.29 is 22.8 Å². The highest BCUT2D eigenvalue weighted by atomic mass is 19.4. The Kier molecular flexibility index (Phi) is 12.5. The smallest absolute Gasteiger partial charge is 0.356 e. The van der Waals surface area contributed by atoms with Crippen LogP contribution in [0.4, 0.5) is 13.2 Å². The van der Waals surface area contributed by atoms with E-state index in [1.807, 2.05) is 11.8 Å². The Labute approximate surface area is 288 Å². The second kappa shape index (κ2) is 17.0. The minimum Gasteiger partial charge on any atom is -0.356 e. The maximum Gasteiger partial charge on any atom is 0.416 e. The summed E-state index contributed by atoms with van der Waals surface area (Å²) >= 11 is 0. The maximum absolute atomic E-state index is 13.8. The SMILES string of the molecule is CCN(CC1CCCN(CCCCNC(=O)CCCc2c(C)ccc3ccccc23)C1)C(=O)c1ccccc1-c1ccc(C(F)(F)F)cc1. The zero-order chi connectivity index (χ0) is 34.8. The van der Waals surface area contributed by atoms with E-state index in [-0.39, 0.29) is 11.8 Å². The van der Waals surface area contributed by atoms with Crippen molar-refractivity contribution in [1.82, 2.24) is 15.1 Å². The number of fused-ring (bicyclic) bond motifs is 1. The van der Waals surface area contributed by atoms with E-state index in [4.69, 9.17) is 0 Å². The molecule has 5 nitrogen and oxygen atoms in total. The molecule has 49 heavy (non-hydrogen) atoms. The van der Waals surface area contributed by atoms with Gasteiger partial charge in [0.25, 0.3) is 5.91 Å². The number of hydrogen-bond donors (Lipinski definition) is 1. The molecule has 1 N–H and O–H groups in total. The largest absolute Gasteiger partial charge is 0.416 e. The van der Waals surface area contributed by atoms with E-state index in [9.17, 15) is 22.8 Å². The number of benzene rings is 4. The number of unbranched alkanes of at least 4 members (excludes halogenated alkanes) is 1. The summed E-state index contributed by atoms with van der Waals surface area (Å²) in [5.74, 6) is 0.360. The Bertz CT molecular complexity index is 1700. The van der Waals surface area contributed by atoms with Crippen molar-refractivity contribution in [3.05, 3.63) is 107 Å². The van der Waals surface area contributed by atoms with Crippen LogP contribution in [0.5, 0.6) is 0 Å².